The van der Waals surface area contributed by atoms with Gasteiger partial charge in [0.15, 0.2) is 0 Å². The van der Waals surface area contributed by atoms with Crippen molar-refractivity contribution in [2.75, 3.05) is 20.1 Å². The maximum atomic E-state index is 3.74. The summed E-state index contributed by atoms with van der Waals surface area (Å²) >= 11 is 0. The van der Waals surface area contributed by atoms with E-state index in [1.54, 1.807) is 11.1 Å². The Bertz CT molecular complexity index is 327. The maximum Gasteiger partial charge on any atom is -0.00134 e. The fourth-order valence-corrected chi connectivity index (χ4v) is 3.15. The molecule has 0 unspecified atom stereocenters. The molecule has 0 saturated carbocycles. The fourth-order valence-electron chi connectivity index (χ4n) is 3.15. The van der Waals surface area contributed by atoms with E-state index in [2.05, 4.69) is 37.6 Å². The molecular weight excluding hydrogens is 194 g/mol. The van der Waals surface area contributed by atoms with Crippen LogP contribution < -0.4 is 0 Å². The van der Waals surface area contributed by atoms with Crippen LogP contribution in [0.15, 0.2) is 36.0 Å². The zero-order valence-corrected chi connectivity index (χ0v) is 10.6. The highest BCUT2D eigenvalue weighted by molar-refractivity contribution is 5.35. The quantitative estimate of drug-likeness (QED) is 0.639. The van der Waals surface area contributed by atoms with Gasteiger partial charge in [-0.25, -0.2) is 0 Å². The van der Waals surface area contributed by atoms with Gasteiger partial charge in [-0.15, -0.1) is 0 Å². The summed E-state index contributed by atoms with van der Waals surface area (Å²) in [6.45, 7) is 8.61. The van der Waals surface area contributed by atoms with Crippen molar-refractivity contribution in [3.05, 3.63) is 36.0 Å². The Morgan fingerprint density at radius 3 is 2.56 bits per heavy atom. The average molecular weight is 217 g/mol. The Morgan fingerprint density at radius 2 is 1.94 bits per heavy atom. The van der Waals surface area contributed by atoms with E-state index in [1.165, 1.54) is 38.8 Å². The van der Waals surface area contributed by atoms with Gasteiger partial charge in [-0.2, -0.15) is 0 Å². The van der Waals surface area contributed by atoms with Crippen LogP contribution in [0, 0.1) is 5.41 Å². The molecule has 1 aliphatic carbocycles. The number of piperidine rings is 1. The largest absolute Gasteiger partial charge is 0.306 e. The lowest BCUT2D eigenvalue weighted by Gasteiger charge is -2.39. The Morgan fingerprint density at radius 1 is 1.25 bits per heavy atom. The molecule has 2 aliphatic rings. The zero-order valence-electron chi connectivity index (χ0n) is 10.6. The van der Waals surface area contributed by atoms with E-state index < -0.39 is 0 Å². The minimum Gasteiger partial charge on any atom is -0.306 e. The monoisotopic (exact) mass is 217 g/mol. The van der Waals surface area contributed by atoms with Gasteiger partial charge < -0.3 is 4.90 Å². The third-order valence-corrected chi connectivity index (χ3v) is 4.53. The average Bonchev–Trinajstić information content (AvgIpc) is 2.59. The molecule has 0 aromatic rings. The van der Waals surface area contributed by atoms with Crippen LogP contribution in [0.5, 0.6) is 0 Å². The number of rotatable bonds is 2. The molecule has 88 valence electrons. The van der Waals surface area contributed by atoms with E-state index >= 15 is 0 Å². The fraction of sp³-hybridized carbons (Fsp3) is 0.600. The molecule has 16 heavy (non-hydrogen) atoms. The minimum atomic E-state index is 0.535. The molecule has 0 N–H and O–H groups in total. The van der Waals surface area contributed by atoms with Gasteiger partial charge in [-0.05, 0) is 63.7 Å². The molecule has 1 heterocycles. The molecule has 0 bridgehead atoms. The maximum absolute atomic E-state index is 3.74. The van der Waals surface area contributed by atoms with Gasteiger partial charge in [0.2, 0.25) is 0 Å². The first-order valence-corrected chi connectivity index (χ1v) is 6.36. The van der Waals surface area contributed by atoms with Crippen molar-refractivity contribution in [1.82, 2.24) is 4.90 Å². The van der Waals surface area contributed by atoms with E-state index in [4.69, 9.17) is 0 Å². The molecule has 1 spiro atoms. The summed E-state index contributed by atoms with van der Waals surface area (Å²) in [5.74, 6) is 0. The van der Waals surface area contributed by atoms with Crippen LogP contribution in [0.1, 0.15) is 32.6 Å². The number of hydrogen-bond donors (Lipinski definition) is 0. The molecule has 0 amide bonds. The zero-order chi connectivity index (χ0) is 11.6. The van der Waals surface area contributed by atoms with Crippen molar-refractivity contribution in [3.63, 3.8) is 0 Å². The Kier molecular flexibility index (Phi) is 3.34. The SMILES string of the molecule is C=CC=CC1=C(C)C2(CC1)CCN(C)CC2. The normalized spacial score (nSPS) is 25.9. The smallest absolute Gasteiger partial charge is 0.00134 e. The Balaban J connectivity index is 2.16. The van der Waals surface area contributed by atoms with Crippen molar-refractivity contribution in [1.29, 1.82) is 0 Å². The number of nitrogens with zero attached hydrogens (tertiary/aromatic N) is 1. The van der Waals surface area contributed by atoms with E-state index in [0.717, 1.165) is 0 Å². The van der Waals surface area contributed by atoms with E-state index in [0.29, 0.717) is 5.41 Å². The van der Waals surface area contributed by atoms with Gasteiger partial charge in [0.1, 0.15) is 0 Å². The molecule has 0 radical (unpaired) electrons. The first-order valence-electron chi connectivity index (χ1n) is 6.36. The molecule has 0 aromatic heterocycles. The number of hydrogen-bond acceptors (Lipinski definition) is 1. The summed E-state index contributed by atoms with van der Waals surface area (Å²) in [7, 11) is 2.24. The van der Waals surface area contributed by atoms with Crippen molar-refractivity contribution < 1.29 is 0 Å². The third kappa shape index (κ3) is 2.01. The first-order chi connectivity index (χ1) is 7.68. The Labute approximate surface area is 99.5 Å². The summed E-state index contributed by atoms with van der Waals surface area (Å²) in [5.41, 5.74) is 3.75. The summed E-state index contributed by atoms with van der Waals surface area (Å²) in [6.07, 6.45) is 11.5. The van der Waals surface area contributed by atoms with Gasteiger partial charge in [0, 0.05) is 0 Å². The molecule has 1 aliphatic heterocycles. The van der Waals surface area contributed by atoms with Crippen LogP contribution >= 0.6 is 0 Å². The summed E-state index contributed by atoms with van der Waals surface area (Å²) in [4.78, 5) is 2.45. The molecule has 1 nitrogen and oxygen atoms in total. The van der Waals surface area contributed by atoms with Crippen molar-refractivity contribution in [2.24, 2.45) is 5.41 Å². The van der Waals surface area contributed by atoms with Gasteiger partial charge in [0.25, 0.3) is 0 Å². The molecule has 0 atom stereocenters. The topological polar surface area (TPSA) is 3.24 Å². The number of likely N-dealkylation sites (tertiary alicyclic amines) is 1. The molecular formula is C15H23N. The Hall–Kier alpha value is -0.820. The van der Waals surface area contributed by atoms with Crippen molar-refractivity contribution in [3.8, 4) is 0 Å². The predicted molar refractivity (Wildman–Crippen MR) is 70.4 cm³/mol. The summed E-state index contributed by atoms with van der Waals surface area (Å²) < 4.78 is 0. The lowest BCUT2D eigenvalue weighted by molar-refractivity contribution is 0.154. The second-order valence-electron chi connectivity index (χ2n) is 5.33. The van der Waals surface area contributed by atoms with Gasteiger partial charge in [0.05, 0.1) is 0 Å². The molecule has 1 saturated heterocycles. The lowest BCUT2D eigenvalue weighted by Crippen LogP contribution is -2.37. The summed E-state index contributed by atoms with van der Waals surface area (Å²) in [6, 6.07) is 0. The molecule has 1 heteroatoms. The van der Waals surface area contributed by atoms with Crippen LogP contribution in [0.3, 0.4) is 0 Å². The van der Waals surface area contributed by atoms with Crippen LogP contribution in [-0.2, 0) is 0 Å². The van der Waals surface area contributed by atoms with Crippen LogP contribution in [-0.4, -0.2) is 25.0 Å². The second-order valence-corrected chi connectivity index (χ2v) is 5.33. The highest BCUT2D eigenvalue weighted by atomic mass is 15.1. The predicted octanol–water partition coefficient (Wildman–Crippen LogP) is 3.55. The first kappa shape index (κ1) is 11.7. The van der Waals surface area contributed by atoms with Gasteiger partial charge in [-0.1, -0.05) is 30.4 Å². The molecule has 2 rings (SSSR count). The molecule has 0 aromatic carbocycles. The third-order valence-electron chi connectivity index (χ3n) is 4.53. The molecule has 1 fully saturated rings. The highest BCUT2D eigenvalue weighted by Gasteiger charge is 2.39. The van der Waals surface area contributed by atoms with Crippen LogP contribution in [0.4, 0.5) is 0 Å². The van der Waals surface area contributed by atoms with E-state index in [9.17, 15) is 0 Å². The number of allylic oxidation sites excluding steroid dienone is 5. The van der Waals surface area contributed by atoms with Gasteiger partial charge >= 0.3 is 0 Å². The highest BCUT2D eigenvalue weighted by Crippen LogP contribution is 2.49. The van der Waals surface area contributed by atoms with E-state index in [-0.39, 0.29) is 0 Å². The van der Waals surface area contributed by atoms with Crippen molar-refractivity contribution >= 4 is 0 Å². The lowest BCUT2D eigenvalue weighted by atomic mass is 9.73. The standard InChI is InChI=1S/C15H23N/c1-4-5-6-14-7-8-15(13(14)2)9-11-16(3)12-10-15/h4-6H,1,7-12H2,2-3H3. The van der Waals surface area contributed by atoms with E-state index in [1.807, 2.05) is 6.08 Å². The second kappa shape index (κ2) is 4.58. The van der Waals surface area contributed by atoms with Crippen LogP contribution in [0.25, 0.3) is 0 Å². The minimum absolute atomic E-state index is 0.535. The summed E-state index contributed by atoms with van der Waals surface area (Å²) in [5, 5.41) is 0. The van der Waals surface area contributed by atoms with Crippen molar-refractivity contribution in [2.45, 2.75) is 32.6 Å². The van der Waals surface area contributed by atoms with Crippen LogP contribution in [0.2, 0.25) is 0 Å². The van der Waals surface area contributed by atoms with Gasteiger partial charge in [-0.3, -0.25) is 0 Å².